The van der Waals surface area contributed by atoms with Crippen LogP contribution in [0.2, 0.25) is 0 Å². The van der Waals surface area contributed by atoms with E-state index >= 15 is 0 Å². The lowest BCUT2D eigenvalue weighted by Gasteiger charge is -2.05. The summed E-state index contributed by atoms with van der Waals surface area (Å²) < 4.78 is 0. The largest absolute Gasteiger partial charge is 0.0622 e. The molecule has 1 aliphatic rings. The molecule has 2 aromatic carbocycles. The van der Waals surface area contributed by atoms with Gasteiger partial charge in [0.05, 0.1) is 0 Å². The van der Waals surface area contributed by atoms with Gasteiger partial charge in [-0.3, -0.25) is 0 Å². The Kier molecular flexibility index (Phi) is 2.36. The normalized spacial score (nSPS) is 14.0. The van der Waals surface area contributed by atoms with Crippen LogP contribution in [0.5, 0.6) is 0 Å². The fraction of sp³-hybridized carbons (Fsp3) is 0.176. The summed E-state index contributed by atoms with van der Waals surface area (Å²) in [7, 11) is 0. The molecular formula is C17H16. The maximum atomic E-state index is 2.25. The first kappa shape index (κ1) is 10.3. The minimum atomic E-state index is 1.08. The Morgan fingerprint density at radius 1 is 0.824 bits per heavy atom. The van der Waals surface area contributed by atoms with Gasteiger partial charge in [0.2, 0.25) is 0 Å². The van der Waals surface area contributed by atoms with Crippen molar-refractivity contribution in [1.29, 1.82) is 0 Å². The maximum Gasteiger partial charge on any atom is -0.00108 e. The van der Waals surface area contributed by atoms with Crippen LogP contribution in [0.15, 0.2) is 48.5 Å². The molecular weight excluding hydrogens is 204 g/mol. The van der Waals surface area contributed by atoms with Gasteiger partial charge >= 0.3 is 0 Å². The van der Waals surface area contributed by atoms with Crippen molar-refractivity contribution in [1.82, 2.24) is 0 Å². The predicted molar refractivity (Wildman–Crippen MR) is 73.8 cm³/mol. The van der Waals surface area contributed by atoms with Crippen molar-refractivity contribution in [2.24, 2.45) is 0 Å². The predicted octanol–water partition coefficient (Wildman–Crippen LogP) is 4.48. The molecule has 2 aromatic rings. The van der Waals surface area contributed by atoms with Crippen LogP contribution in [0.3, 0.4) is 0 Å². The first-order valence-corrected chi connectivity index (χ1v) is 6.11. The molecule has 0 atom stereocenters. The van der Waals surface area contributed by atoms with Crippen molar-refractivity contribution in [3.63, 3.8) is 0 Å². The van der Waals surface area contributed by atoms with Crippen molar-refractivity contribution in [2.45, 2.75) is 20.3 Å². The number of aryl methyl sites for hydroxylation is 1. The van der Waals surface area contributed by atoms with E-state index in [-0.39, 0.29) is 0 Å². The highest BCUT2D eigenvalue weighted by Gasteiger charge is 2.20. The fourth-order valence-electron chi connectivity index (χ4n) is 2.84. The molecule has 17 heavy (non-hydrogen) atoms. The molecule has 0 N–H and O–H groups in total. The molecule has 0 saturated heterocycles. The van der Waals surface area contributed by atoms with Crippen molar-refractivity contribution < 1.29 is 0 Å². The SMILES string of the molecule is CC1=C(c2ccccc2)Cc2cccc(C)c21. The molecule has 0 spiro atoms. The van der Waals surface area contributed by atoms with E-state index in [1.165, 1.54) is 33.4 Å². The molecule has 0 aliphatic heterocycles. The van der Waals surface area contributed by atoms with Gasteiger partial charge in [-0.05, 0) is 53.7 Å². The van der Waals surface area contributed by atoms with Crippen LogP contribution in [0.4, 0.5) is 0 Å². The Morgan fingerprint density at radius 3 is 2.29 bits per heavy atom. The van der Waals surface area contributed by atoms with Crippen LogP contribution in [-0.2, 0) is 6.42 Å². The number of hydrogen-bond donors (Lipinski definition) is 0. The molecule has 0 heteroatoms. The van der Waals surface area contributed by atoms with E-state index in [0.717, 1.165) is 6.42 Å². The Bertz CT molecular complexity index is 589. The number of hydrogen-bond acceptors (Lipinski definition) is 0. The van der Waals surface area contributed by atoms with E-state index in [2.05, 4.69) is 62.4 Å². The van der Waals surface area contributed by atoms with Gasteiger partial charge in [0.1, 0.15) is 0 Å². The minimum Gasteiger partial charge on any atom is -0.0622 e. The van der Waals surface area contributed by atoms with Crippen molar-refractivity contribution >= 4 is 11.1 Å². The molecule has 3 rings (SSSR count). The number of fused-ring (bicyclic) bond motifs is 1. The van der Waals surface area contributed by atoms with E-state index in [1.807, 2.05) is 0 Å². The summed E-state index contributed by atoms with van der Waals surface area (Å²) in [5.41, 5.74) is 8.62. The van der Waals surface area contributed by atoms with Gasteiger partial charge in [-0.2, -0.15) is 0 Å². The van der Waals surface area contributed by atoms with E-state index in [4.69, 9.17) is 0 Å². The molecule has 0 unspecified atom stereocenters. The van der Waals surface area contributed by atoms with E-state index in [1.54, 1.807) is 0 Å². The van der Waals surface area contributed by atoms with Gasteiger partial charge in [-0.25, -0.2) is 0 Å². The van der Waals surface area contributed by atoms with Crippen molar-refractivity contribution in [3.05, 3.63) is 70.8 Å². The van der Waals surface area contributed by atoms with E-state index in [9.17, 15) is 0 Å². The van der Waals surface area contributed by atoms with Gasteiger partial charge in [-0.1, -0.05) is 48.5 Å². The second-order valence-corrected chi connectivity index (χ2v) is 4.76. The van der Waals surface area contributed by atoms with Gasteiger partial charge in [0.25, 0.3) is 0 Å². The van der Waals surface area contributed by atoms with Gasteiger partial charge in [0.15, 0.2) is 0 Å². The molecule has 84 valence electrons. The lowest BCUT2D eigenvalue weighted by molar-refractivity contribution is 1.29. The van der Waals surface area contributed by atoms with Crippen molar-refractivity contribution in [3.8, 4) is 0 Å². The number of rotatable bonds is 1. The summed E-state index contributed by atoms with van der Waals surface area (Å²) in [6.45, 7) is 4.46. The highest BCUT2D eigenvalue weighted by Crippen LogP contribution is 2.39. The third-order valence-corrected chi connectivity index (χ3v) is 3.68. The molecule has 0 bridgehead atoms. The third-order valence-electron chi connectivity index (χ3n) is 3.68. The van der Waals surface area contributed by atoms with Gasteiger partial charge < -0.3 is 0 Å². The average Bonchev–Trinajstić information content (AvgIpc) is 2.69. The topological polar surface area (TPSA) is 0 Å². The first-order chi connectivity index (χ1) is 8.27. The second-order valence-electron chi connectivity index (χ2n) is 4.76. The zero-order valence-electron chi connectivity index (χ0n) is 10.3. The Morgan fingerprint density at radius 2 is 1.59 bits per heavy atom. The molecule has 0 saturated carbocycles. The average molecular weight is 220 g/mol. The summed E-state index contributed by atoms with van der Waals surface area (Å²) >= 11 is 0. The maximum absolute atomic E-state index is 2.25. The molecule has 0 aromatic heterocycles. The van der Waals surface area contributed by atoms with E-state index in [0.29, 0.717) is 0 Å². The smallest absolute Gasteiger partial charge is 0.00108 e. The number of allylic oxidation sites excluding steroid dienone is 2. The fourth-order valence-corrected chi connectivity index (χ4v) is 2.84. The quantitative estimate of drug-likeness (QED) is 0.664. The summed E-state index contributed by atoms with van der Waals surface area (Å²) in [6, 6.07) is 17.3. The molecule has 0 nitrogen and oxygen atoms in total. The molecule has 0 radical (unpaired) electrons. The highest BCUT2D eigenvalue weighted by molar-refractivity contribution is 5.96. The zero-order chi connectivity index (χ0) is 11.8. The summed E-state index contributed by atoms with van der Waals surface area (Å²) in [6.07, 6.45) is 1.08. The molecule has 0 heterocycles. The van der Waals surface area contributed by atoms with Crippen LogP contribution in [0.25, 0.3) is 11.1 Å². The van der Waals surface area contributed by atoms with Gasteiger partial charge in [0, 0.05) is 0 Å². The van der Waals surface area contributed by atoms with E-state index < -0.39 is 0 Å². The van der Waals surface area contributed by atoms with Crippen LogP contribution in [0, 0.1) is 6.92 Å². The van der Waals surface area contributed by atoms with Crippen molar-refractivity contribution in [2.75, 3.05) is 0 Å². The molecule has 1 aliphatic carbocycles. The first-order valence-electron chi connectivity index (χ1n) is 6.11. The summed E-state index contributed by atoms with van der Waals surface area (Å²) in [5, 5.41) is 0. The minimum absolute atomic E-state index is 1.08. The second kappa shape index (κ2) is 3.89. The number of benzene rings is 2. The monoisotopic (exact) mass is 220 g/mol. The van der Waals surface area contributed by atoms with Crippen LogP contribution in [0.1, 0.15) is 29.2 Å². The zero-order valence-corrected chi connectivity index (χ0v) is 10.3. The van der Waals surface area contributed by atoms with Crippen LogP contribution >= 0.6 is 0 Å². The highest BCUT2D eigenvalue weighted by atomic mass is 14.2. The molecule has 0 amide bonds. The summed E-state index contributed by atoms with van der Waals surface area (Å²) in [4.78, 5) is 0. The lowest BCUT2D eigenvalue weighted by atomic mass is 10.00. The Hall–Kier alpha value is -1.82. The van der Waals surface area contributed by atoms with Crippen LogP contribution < -0.4 is 0 Å². The third kappa shape index (κ3) is 1.61. The summed E-state index contributed by atoms with van der Waals surface area (Å²) in [5.74, 6) is 0. The van der Waals surface area contributed by atoms with Crippen LogP contribution in [-0.4, -0.2) is 0 Å². The standard InChI is InChI=1S/C17H16/c1-12-7-6-10-15-11-16(13(2)17(12)15)14-8-4-3-5-9-14/h3-10H,11H2,1-2H3. The Labute approximate surface area is 103 Å². The Balaban J connectivity index is 2.15. The molecule has 0 fully saturated rings. The van der Waals surface area contributed by atoms with Gasteiger partial charge in [-0.15, -0.1) is 0 Å². The lowest BCUT2D eigenvalue weighted by Crippen LogP contribution is -1.86.